The lowest BCUT2D eigenvalue weighted by Gasteiger charge is -2.16. The van der Waals surface area contributed by atoms with E-state index in [1.807, 2.05) is 36.4 Å². The molecule has 1 aliphatic carbocycles. The molecule has 0 saturated carbocycles. The van der Waals surface area contributed by atoms with Crippen LogP contribution in [0.25, 0.3) is 5.57 Å². The predicted octanol–water partition coefficient (Wildman–Crippen LogP) is 4.35. The highest BCUT2D eigenvalue weighted by atomic mass is 19.4. The van der Waals surface area contributed by atoms with E-state index in [4.69, 9.17) is 0 Å². The van der Waals surface area contributed by atoms with E-state index in [1.54, 1.807) is 0 Å². The van der Waals surface area contributed by atoms with Crippen LogP contribution in [-0.4, -0.2) is 6.18 Å². The fourth-order valence-corrected chi connectivity index (χ4v) is 1.76. The fourth-order valence-electron chi connectivity index (χ4n) is 1.76. The van der Waals surface area contributed by atoms with Gasteiger partial charge in [0.1, 0.15) is 0 Å². The zero-order valence-corrected chi connectivity index (χ0v) is 8.59. The molecule has 1 aliphatic rings. The van der Waals surface area contributed by atoms with Crippen molar-refractivity contribution in [2.45, 2.75) is 19.0 Å². The topological polar surface area (TPSA) is 0 Å². The fraction of sp³-hybridized carbons (Fsp3) is 0.231. The molecule has 0 unspecified atom stereocenters. The third-order valence-electron chi connectivity index (χ3n) is 2.58. The van der Waals surface area contributed by atoms with Gasteiger partial charge in [-0.1, -0.05) is 36.4 Å². The quantitative estimate of drug-likeness (QED) is 0.665. The standard InChI is InChI=1S/C13H11F3/c14-13(15,16)12-8-4-7-11(9-12)10-5-2-1-3-6-10/h1-3,5-7,9H,4,8H2. The molecule has 16 heavy (non-hydrogen) atoms. The summed E-state index contributed by atoms with van der Waals surface area (Å²) in [5.41, 5.74) is 1.07. The number of hydrogen-bond acceptors (Lipinski definition) is 0. The minimum Gasteiger partial charge on any atom is -0.166 e. The lowest BCUT2D eigenvalue weighted by Crippen LogP contribution is -2.13. The van der Waals surface area contributed by atoms with E-state index in [9.17, 15) is 13.2 Å². The Hall–Kier alpha value is -1.51. The summed E-state index contributed by atoms with van der Waals surface area (Å²) < 4.78 is 37.6. The highest BCUT2D eigenvalue weighted by Gasteiger charge is 2.33. The summed E-state index contributed by atoms with van der Waals surface area (Å²) in [6, 6.07) is 9.14. The van der Waals surface area contributed by atoms with Crippen molar-refractivity contribution in [2.75, 3.05) is 0 Å². The largest absolute Gasteiger partial charge is 0.412 e. The number of halogens is 3. The van der Waals surface area contributed by atoms with Crippen LogP contribution in [0.4, 0.5) is 13.2 Å². The van der Waals surface area contributed by atoms with Crippen molar-refractivity contribution in [3.63, 3.8) is 0 Å². The molecule has 1 aromatic carbocycles. The van der Waals surface area contributed by atoms with Crippen molar-refractivity contribution in [2.24, 2.45) is 0 Å². The van der Waals surface area contributed by atoms with Gasteiger partial charge in [-0.05, 0) is 30.1 Å². The van der Waals surface area contributed by atoms with Crippen LogP contribution in [0.2, 0.25) is 0 Å². The van der Waals surface area contributed by atoms with Gasteiger partial charge in [-0.25, -0.2) is 0 Å². The molecule has 0 amide bonds. The van der Waals surface area contributed by atoms with E-state index >= 15 is 0 Å². The van der Waals surface area contributed by atoms with Gasteiger partial charge in [-0.15, -0.1) is 0 Å². The first kappa shape index (κ1) is 11.0. The Kier molecular flexibility index (Phi) is 2.86. The summed E-state index contributed by atoms with van der Waals surface area (Å²) in [5, 5.41) is 0. The molecule has 0 bridgehead atoms. The molecular weight excluding hydrogens is 213 g/mol. The highest BCUT2D eigenvalue weighted by Crippen LogP contribution is 2.35. The van der Waals surface area contributed by atoms with Crippen LogP contribution >= 0.6 is 0 Å². The van der Waals surface area contributed by atoms with Crippen LogP contribution in [0.3, 0.4) is 0 Å². The summed E-state index contributed by atoms with van der Waals surface area (Å²) in [6.45, 7) is 0. The molecule has 0 fully saturated rings. The van der Waals surface area contributed by atoms with Crippen molar-refractivity contribution >= 4 is 5.57 Å². The van der Waals surface area contributed by atoms with Gasteiger partial charge in [-0.3, -0.25) is 0 Å². The summed E-state index contributed by atoms with van der Waals surface area (Å²) in [6.07, 6.45) is -0.562. The Balaban J connectivity index is 2.32. The first-order chi connectivity index (χ1) is 7.57. The molecule has 0 aliphatic heterocycles. The minimum atomic E-state index is -4.20. The second kappa shape index (κ2) is 4.16. The molecule has 0 nitrogen and oxygen atoms in total. The van der Waals surface area contributed by atoms with Gasteiger partial charge in [0, 0.05) is 5.57 Å². The van der Waals surface area contributed by atoms with Gasteiger partial charge in [-0.2, -0.15) is 13.2 Å². The number of allylic oxidation sites excluding steroid dienone is 4. The Morgan fingerprint density at radius 3 is 2.31 bits per heavy atom. The average Bonchev–Trinajstić information content (AvgIpc) is 2.29. The molecule has 0 saturated heterocycles. The third kappa shape index (κ3) is 2.35. The van der Waals surface area contributed by atoms with Gasteiger partial charge in [0.25, 0.3) is 0 Å². The van der Waals surface area contributed by atoms with Crippen LogP contribution in [0.15, 0.2) is 48.1 Å². The van der Waals surface area contributed by atoms with Gasteiger partial charge in [0.2, 0.25) is 0 Å². The smallest absolute Gasteiger partial charge is 0.166 e. The molecule has 0 atom stereocenters. The second-order valence-electron chi connectivity index (χ2n) is 3.73. The predicted molar refractivity (Wildman–Crippen MR) is 57.8 cm³/mol. The Labute approximate surface area is 92.1 Å². The van der Waals surface area contributed by atoms with E-state index in [0.717, 1.165) is 5.56 Å². The summed E-state index contributed by atoms with van der Waals surface area (Å²) >= 11 is 0. The van der Waals surface area contributed by atoms with Crippen LogP contribution in [0, 0.1) is 0 Å². The first-order valence-electron chi connectivity index (χ1n) is 5.11. The molecule has 2 rings (SSSR count). The van der Waals surface area contributed by atoms with Crippen molar-refractivity contribution in [3.8, 4) is 0 Å². The zero-order chi connectivity index (χ0) is 11.6. The van der Waals surface area contributed by atoms with Gasteiger partial charge < -0.3 is 0 Å². The Morgan fingerprint density at radius 2 is 1.69 bits per heavy atom. The second-order valence-corrected chi connectivity index (χ2v) is 3.73. The van der Waals surface area contributed by atoms with E-state index < -0.39 is 11.7 Å². The molecule has 0 aromatic heterocycles. The van der Waals surface area contributed by atoms with Gasteiger partial charge >= 0.3 is 6.18 Å². The van der Waals surface area contributed by atoms with E-state index in [1.165, 1.54) is 6.08 Å². The number of alkyl halides is 3. The van der Waals surface area contributed by atoms with E-state index in [-0.39, 0.29) is 6.42 Å². The Bertz CT molecular complexity index is 424. The average molecular weight is 224 g/mol. The highest BCUT2D eigenvalue weighted by molar-refractivity contribution is 5.75. The van der Waals surface area contributed by atoms with E-state index in [0.29, 0.717) is 12.0 Å². The molecule has 84 valence electrons. The van der Waals surface area contributed by atoms with Crippen molar-refractivity contribution in [1.29, 1.82) is 0 Å². The molecule has 0 radical (unpaired) electrons. The molecular formula is C13H11F3. The number of rotatable bonds is 1. The third-order valence-corrected chi connectivity index (χ3v) is 2.58. The SMILES string of the molecule is FC(F)(F)C1=CC(c2ccccc2)=CCC1. The molecule has 3 heteroatoms. The monoisotopic (exact) mass is 224 g/mol. The number of hydrogen-bond donors (Lipinski definition) is 0. The first-order valence-corrected chi connectivity index (χ1v) is 5.11. The van der Waals surface area contributed by atoms with Crippen molar-refractivity contribution < 1.29 is 13.2 Å². The number of benzene rings is 1. The lowest BCUT2D eigenvalue weighted by atomic mass is 9.94. The zero-order valence-electron chi connectivity index (χ0n) is 8.59. The van der Waals surface area contributed by atoms with Gasteiger partial charge in [0.15, 0.2) is 0 Å². The van der Waals surface area contributed by atoms with Crippen molar-refractivity contribution in [3.05, 3.63) is 53.6 Å². The Morgan fingerprint density at radius 1 is 1.00 bits per heavy atom. The molecule has 0 spiro atoms. The molecule has 1 aromatic rings. The van der Waals surface area contributed by atoms with Crippen LogP contribution in [0.5, 0.6) is 0 Å². The summed E-state index contributed by atoms with van der Waals surface area (Å²) in [5.74, 6) is 0. The van der Waals surface area contributed by atoms with Crippen molar-refractivity contribution in [1.82, 2.24) is 0 Å². The van der Waals surface area contributed by atoms with Gasteiger partial charge in [0.05, 0.1) is 0 Å². The van der Waals surface area contributed by atoms with Crippen LogP contribution in [0.1, 0.15) is 18.4 Å². The van der Waals surface area contributed by atoms with E-state index in [2.05, 4.69) is 0 Å². The lowest BCUT2D eigenvalue weighted by molar-refractivity contribution is -0.0939. The molecule has 0 heterocycles. The minimum absolute atomic E-state index is 0.0832. The van der Waals surface area contributed by atoms with Crippen LogP contribution in [-0.2, 0) is 0 Å². The normalized spacial score (nSPS) is 16.7. The van der Waals surface area contributed by atoms with Crippen LogP contribution < -0.4 is 0 Å². The molecule has 0 N–H and O–H groups in total. The maximum absolute atomic E-state index is 12.5. The summed E-state index contributed by atoms with van der Waals surface area (Å²) in [7, 11) is 0. The maximum Gasteiger partial charge on any atom is 0.412 e. The summed E-state index contributed by atoms with van der Waals surface area (Å²) in [4.78, 5) is 0. The maximum atomic E-state index is 12.5.